The highest BCUT2D eigenvalue weighted by atomic mass is 16.7. The molecule has 0 aliphatic heterocycles. The quantitative estimate of drug-likeness (QED) is 0.511. The van der Waals surface area contributed by atoms with Crippen LogP contribution in [0.25, 0.3) is 0 Å². The molecule has 0 radical (unpaired) electrons. The van der Waals surface area contributed by atoms with E-state index in [1.54, 1.807) is 0 Å². The van der Waals surface area contributed by atoms with Crippen molar-refractivity contribution in [2.45, 2.75) is 92.9 Å². The lowest BCUT2D eigenvalue weighted by Gasteiger charge is -2.37. The van der Waals surface area contributed by atoms with Gasteiger partial charge in [0.05, 0.1) is 13.2 Å². The third-order valence-electron chi connectivity index (χ3n) is 6.89. The van der Waals surface area contributed by atoms with E-state index in [0.29, 0.717) is 35.9 Å². The highest BCUT2D eigenvalue weighted by molar-refractivity contribution is 5.59. The van der Waals surface area contributed by atoms with Gasteiger partial charge in [-0.3, -0.25) is 0 Å². The van der Waals surface area contributed by atoms with Crippen LogP contribution in [-0.2, 0) is 9.47 Å². The first-order chi connectivity index (χ1) is 12.1. The minimum atomic E-state index is -0.458. The van der Waals surface area contributed by atoms with E-state index in [4.69, 9.17) is 9.47 Å². The molecule has 0 bridgehead atoms. The van der Waals surface area contributed by atoms with Gasteiger partial charge >= 0.3 is 6.16 Å². The van der Waals surface area contributed by atoms with Crippen LogP contribution in [0.5, 0.6) is 0 Å². The average Bonchev–Trinajstić information content (AvgIpc) is 2.57. The number of carbonyl (C=O) groups excluding carboxylic acids is 1. The zero-order chi connectivity index (χ0) is 19.4. The summed E-state index contributed by atoms with van der Waals surface area (Å²) < 4.78 is 10.9. The second kappa shape index (κ2) is 8.97. The Bertz CT molecular complexity index is 403. The van der Waals surface area contributed by atoms with Gasteiger partial charge in [-0.15, -0.1) is 0 Å². The van der Waals surface area contributed by atoms with Crippen LogP contribution in [0.2, 0.25) is 0 Å². The molecule has 2 saturated carbocycles. The molecule has 3 nitrogen and oxygen atoms in total. The normalized spacial score (nSPS) is 30.7. The summed E-state index contributed by atoms with van der Waals surface area (Å²) in [6, 6.07) is 0. The Labute approximate surface area is 161 Å². The van der Waals surface area contributed by atoms with E-state index in [9.17, 15) is 4.79 Å². The fourth-order valence-corrected chi connectivity index (χ4v) is 4.87. The van der Waals surface area contributed by atoms with Crippen molar-refractivity contribution in [1.29, 1.82) is 0 Å². The Hall–Kier alpha value is -0.730. The van der Waals surface area contributed by atoms with Gasteiger partial charge in [0.1, 0.15) is 0 Å². The van der Waals surface area contributed by atoms with Crippen molar-refractivity contribution in [1.82, 2.24) is 0 Å². The predicted octanol–water partition coefficient (Wildman–Crippen LogP) is 6.84. The van der Waals surface area contributed by atoms with Crippen molar-refractivity contribution < 1.29 is 14.3 Å². The van der Waals surface area contributed by atoms with E-state index in [1.807, 2.05) is 0 Å². The minimum Gasteiger partial charge on any atom is -0.434 e. The summed E-state index contributed by atoms with van der Waals surface area (Å²) in [5.74, 6) is 2.47. The first-order valence-electron chi connectivity index (χ1n) is 10.8. The number of rotatable bonds is 4. The van der Waals surface area contributed by atoms with E-state index in [1.165, 1.54) is 51.4 Å². The smallest absolute Gasteiger partial charge is 0.434 e. The molecule has 0 heterocycles. The first kappa shape index (κ1) is 21.6. The van der Waals surface area contributed by atoms with Crippen LogP contribution < -0.4 is 0 Å². The molecule has 2 aliphatic carbocycles. The van der Waals surface area contributed by atoms with E-state index in [2.05, 4.69) is 41.5 Å². The van der Waals surface area contributed by atoms with E-state index in [-0.39, 0.29) is 0 Å². The van der Waals surface area contributed by atoms with Gasteiger partial charge in [-0.1, -0.05) is 54.4 Å². The molecule has 4 atom stereocenters. The summed E-state index contributed by atoms with van der Waals surface area (Å²) in [7, 11) is 0. The largest absolute Gasteiger partial charge is 0.508 e. The third-order valence-corrected chi connectivity index (χ3v) is 6.89. The fraction of sp³-hybridized carbons (Fsp3) is 0.957. The summed E-state index contributed by atoms with van der Waals surface area (Å²) >= 11 is 0. The number of hydrogen-bond acceptors (Lipinski definition) is 3. The van der Waals surface area contributed by atoms with E-state index in [0.717, 1.165) is 11.8 Å². The molecule has 0 N–H and O–H groups in total. The highest BCUT2D eigenvalue weighted by Gasteiger charge is 2.32. The SMILES string of the molecule is CC(C)(C)C1CCCC(COC(=O)OCC2CCCC(C(C)(C)C)C2)C1. The molecule has 152 valence electrons. The Morgan fingerprint density at radius 3 is 1.46 bits per heavy atom. The van der Waals surface area contributed by atoms with Gasteiger partial charge in [0.2, 0.25) is 0 Å². The summed E-state index contributed by atoms with van der Waals surface area (Å²) in [5, 5.41) is 0. The van der Waals surface area contributed by atoms with Crippen LogP contribution in [0.3, 0.4) is 0 Å². The lowest BCUT2D eigenvalue weighted by molar-refractivity contribution is 0.0126. The Morgan fingerprint density at radius 2 is 1.12 bits per heavy atom. The summed E-state index contributed by atoms with van der Waals surface area (Å²) in [5.41, 5.74) is 0.702. The zero-order valence-corrected chi connectivity index (χ0v) is 18.1. The monoisotopic (exact) mass is 366 g/mol. The topological polar surface area (TPSA) is 35.5 Å². The van der Waals surface area contributed by atoms with E-state index < -0.39 is 6.16 Å². The maximum absolute atomic E-state index is 12.0. The molecule has 0 spiro atoms. The third kappa shape index (κ3) is 6.78. The molecule has 2 rings (SSSR count). The zero-order valence-electron chi connectivity index (χ0n) is 18.1. The Kier molecular flexibility index (Phi) is 7.44. The van der Waals surface area contributed by atoms with Gasteiger partial charge in [-0.05, 0) is 73.0 Å². The second-order valence-electron chi connectivity index (χ2n) is 11.1. The van der Waals surface area contributed by atoms with Crippen molar-refractivity contribution in [3.8, 4) is 0 Å². The van der Waals surface area contributed by atoms with Crippen molar-refractivity contribution in [3.05, 3.63) is 0 Å². The van der Waals surface area contributed by atoms with Gasteiger partial charge in [-0.2, -0.15) is 0 Å². The molecule has 3 heteroatoms. The lowest BCUT2D eigenvalue weighted by atomic mass is 9.69. The summed E-state index contributed by atoms with van der Waals surface area (Å²) in [6.07, 6.45) is 9.36. The number of ether oxygens (including phenoxy) is 2. The maximum atomic E-state index is 12.0. The maximum Gasteiger partial charge on any atom is 0.508 e. The van der Waals surface area contributed by atoms with E-state index >= 15 is 0 Å². The molecule has 0 aromatic heterocycles. The molecule has 0 aromatic rings. The average molecular weight is 367 g/mol. The number of hydrogen-bond donors (Lipinski definition) is 0. The lowest BCUT2D eigenvalue weighted by Crippen LogP contribution is -2.30. The van der Waals surface area contributed by atoms with Gasteiger partial charge in [0.15, 0.2) is 0 Å². The highest BCUT2D eigenvalue weighted by Crippen LogP contribution is 2.41. The molecule has 0 saturated heterocycles. The van der Waals surface area contributed by atoms with Gasteiger partial charge in [0.25, 0.3) is 0 Å². The molecule has 26 heavy (non-hydrogen) atoms. The van der Waals surface area contributed by atoms with Crippen LogP contribution >= 0.6 is 0 Å². The van der Waals surface area contributed by atoms with Crippen molar-refractivity contribution in [2.24, 2.45) is 34.5 Å². The molecule has 4 unspecified atom stereocenters. The number of carbonyl (C=O) groups is 1. The Balaban J connectivity index is 1.67. The second-order valence-corrected chi connectivity index (χ2v) is 11.1. The van der Waals surface area contributed by atoms with Gasteiger partial charge in [-0.25, -0.2) is 4.79 Å². The fourth-order valence-electron chi connectivity index (χ4n) is 4.87. The summed E-state index contributed by atoms with van der Waals surface area (Å²) in [6.45, 7) is 15.0. The molecule has 0 amide bonds. The summed E-state index contributed by atoms with van der Waals surface area (Å²) in [4.78, 5) is 12.0. The van der Waals surface area contributed by atoms with Gasteiger partial charge < -0.3 is 9.47 Å². The van der Waals surface area contributed by atoms with Gasteiger partial charge in [0, 0.05) is 0 Å². The molecule has 2 aliphatic rings. The van der Waals surface area contributed by atoms with Crippen molar-refractivity contribution >= 4 is 6.16 Å². The van der Waals surface area contributed by atoms with Crippen LogP contribution in [0.1, 0.15) is 92.9 Å². The molecular formula is C23H42O3. The van der Waals surface area contributed by atoms with Crippen molar-refractivity contribution in [3.63, 3.8) is 0 Å². The minimum absolute atomic E-state index is 0.351. The molecule has 0 aromatic carbocycles. The predicted molar refractivity (Wildman–Crippen MR) is 107 cm³/mol. The van der Waals surface area contributed by atoms with Crippen LogP contribution in [0, 0.1) is 34.5 Å². The van der Waals surface area contributed by atoms with Crippen molar-refractivity contribution in [2.75, 3.05) is 13.2 Å². The van der Waals surface area contributed by atoms with Crippen LogP contribution in [-0.4, -0.2) is 19.4 Å². The molecular weight excluding hydrogens is 324 g/mol. The van der Waals surface area contributed by atoms with Crippen LogP contribution in [0.4, 0.5) is 4.79 Å². The molecule has 2 fully saturated rings. The first-order valence-corrected chi connectivity index (χ1v) is 10.8. The Morgan fingerprint density at radius 1 is 0.731 bits per heavy atom. The van der Waals surface area contributed by atoms with Crippen LogP contribution in [0.15, 0.2) is 0 Å². The standard InChI is InChI=1S/C23H42O3/c1-22(2,3)19-11-7-9-17(13-19)15-25-21(24)26-16-18-10-8-12-20(14-18)23(4,5)6/h17-20H,7-16H2,1-6H3.